The lowest BCUT2D eigenvalue weighted by atomic mass is 10.3. The third kappa shape index (κ3) is 2.12. The van der Waals surface area contributed by atoms with Crippen molar-refractivity contribution < 1.29 is 0 Å². The van der Waals surface area contributed by atoms with Gasteiger partial charge in [0, 0.05) is 35.4 Å². The summed E-state index contributed by atoms with van der Waals surface area (Å²) in [6.07, 6.45) is 3.69. The molecule has 14 heavy (non-hydrogen) atoms. The smallest absolute Gasteiger partial charge is 0.0532 e. The van der Waals surface area contributed by atoms with Crippen LogP contribution in [0.4, 0.5) is 5.69 Å². The van der Waals surface area contributed by atoms with Crippen molar-refractivity contribution in [3.63, 3.8) is 0 Å². The maximum Gasteiger partial charge on any atom is 0.0532 e. The van der Waals surface area contributed by atoms with Crippen LogP contribution in [-0.2, 0) is 13.1 Å². The molecule has 0 aliphatic rings. The Morgan fingerprint density at radius 2 is 2.43 bits per heavy atom. The number of H-pyrrole nitrogens is 1. The van der Waals surface area contributed by atoms with Crippen LogP contribution in [0.3, 0.4) is 0 Å². The number of anilines is 1. The second kappa shape index (κ2) is 4.26. The number of aromatic amines is 1. The minimum absolute atomic E-state index is 0.813. The van der Waals surface area contributed by atoms with E-state index in [-0.39, 0.29) is 0 Å². The van der Waals surface area contributed by atoms with Crippen LogP contribution in [0.15, 0.2) is 23.8 Å². The maximum atomic E-state index is 5.75. The van der Waals surface area contributed by atoms with Crippen LogP contribution in [0.2, 0.25) is 0 Å². The van der Waals surface area contributed by atoms with Crippen LogP contribution in [0, 0.1) is 0 Å². The fraction of sp³-hybridized carbons (Fsp3) is 0.222. The molecule has 0 amide bonds. The first kappa shape index (κ1) is 9.23. The average Bonchev–Trinajstić information content (AvgIpc) is 2.78. The number of thiophene rings is 1. The number of nitrogen functional groups attached to an aromatic ring is 1. The van der Waals surface area contributed by atoms with E-state index in [0.29, 0.717) is 0 Å². The monoisotopic (exact) mass is 208 g/mol. The predicted molar refractivity (Wildman–Crippen MR) is 57.9 cm³/mol. The highest BCUT2D eigenvalue weighted by Crippen LogP contribution is 2.18. The number of nitrogens with zero attached hydrogens (tertiary/aromatic N) is 1. The molecule has 0 aliphatic carbocycles. The predicted octanol–water partition coefficient (Wildman–Crippen LogP) is 1.34. The summed E-state index contributed by atoms with van der Waals surface area (Å²) in [5.41, 5.74) is 7.77. The van der Waals surface area contributed by atoms with E-state index in [1.165, 1.54) is 4.88 Å². The van der Waals surface area contributed by atoms with Crippen LogP contribution >= 0.6 is 11.3 Å². The molecule has 0 spiro atoms. The molecule has 4 nitrogen and oxygen atoms in total. The van der Waals surface area contributed by atoms with Crippen LogP contribution in [0.1, 0.15) is 10.4 Å². The summed E-state index contributed by atoms with van der Waals surface area (Å²) in [4.78, 5) is 1.19. The molecule has 0 atom stereocenters. The minimum Gasteiger partial charge on any atom is -0.398 e. The third-order valence-corrected chi connectivity index (χ3v) is 2.89. The molecule has 0 fully saturated rings. The van der Waals surface area contributed by atoms with Gasteiger partial charge >= 0.3 is 0 Å². The lowest BCUT2D eigenvalue weighted by Gasteiger charge is -2.01. The zero-order valence-electron chi connectivity index (χ0n) is 7.66. The largest absolute Gasteiger partial charge is 0.398 e. The van der Waals surface area contributed by atoms with E-state index in [0.717, 1.165) is 24.3 Å². The normalized spacial score (nSPS) is 10.6. The van der Waals surface area contributed by atoms with E-state index in [4.69, 9.17) is 5.73 Å². The zero-order valence-corrected chi connectivity index (χ0v) is 8.47. The molecule has 0 bridgehead atoms. The van der Waals surface area contributed by atoms with Crippen LogP contribution in [-0.4, -0.2) is 10.2 Å². The van der Waals surface area contributed by atoms with Crippen molar-refractivity contribution in [1.82, 2.24) is 15.5 Å². The highest BCUT2D eigenvalue weighted by molar-refractivity contribution is 7.10. The summed E-state index contributed by atoms with van der Waals surface area (Å²) < 4.78 is 0. The van der Waals surface area contributed by atoms with Crippen molar-refractivity contribution >= 4 is 17.0 Å². The fourth-order valence-electron chi connectivity index (χ4n) is 1.19. The molecule has 2 rings (SSSR count). The molecule has 4 N–H and O–H groups in total. The van der Waals surface area contributed by atoms with Crippen molar-refractivity contribution in [1.29, 1.82) is 0 Å². The second-order valence-electron chi connectivity index (χ2n) is 3.01. The van der Waals surface area contributed by atoms with Crippen molar-refractivity contribution in [2.45, 2.75) is 13.1 Å². The number of nitrogens with one attached hydrogen (secondary N) is 2. The molecule has 5 heteroatoms. The van der Waals surface area contributed by atoms with Crippen LogP contribution in [0.25, 0.3) is 0 Å². The molecule has 0 unspecified atom stereocenters. The number of rotatable bonds is 4. The van der Waals surface area contributed by atoms with Gasteiger partial charge in [0.05, 0.1) is 6.20 Å². The Labute approximate surface area is 86.1 Å². The van der Waals surface area contributed by atoms with Gasteiger partial charge in [-0.3, -0.25) is 5.10 Å². The quantitative estimate of drug-likeness (QED) is 0.710. The average molecular weight is 208 g/mol. The van der Waals surface area contributed by atoms with E-state index in [9.17, 15) is 0 Å². The minimum atomic E-state index is 0.813. The summed E-state index contributed by atoms with van der Waals surface area (Å²) >= 11 is 1.68. The highest BCUT2D eigenvalue weighted by atomic mass is 32.1. The number of hydrogen-bond donors (Lipinski definition) is 3. The number of nitrogens with two attached hydrogens (primary N) is 1. The molecule has 0 saturated carbocycles. The Kier molecular flexibility index (Phi) is 2.81. The summed E-state index contributed by atoms with van der Waals surface area (Å²) in [6, 6.07) is 1.93. The molecule has 74 valence electrons. The zero-order chi connectivity index (χ0) is 9.80. The first-order chi connectivity index (χ1) is 6.86. The molecule has 0 radical (unpaired) electrons. The van der Waals surface area contributed by atoms with Gasteiger partial charge in [-0.15, -0.1) is 11.3 Å². The topological polar surface area (TPSA) is 66.7 Å². The third-order valence-electron chi connectivity index (χ3n) is 1.95. The molecule has 0 saturated heterocycles. The van der Waals surface area contributed by atoms with Gasteiger partial charge in [0.2, 0.25) is 0 Å². The van der Waals surface area contributed by atoms with Crippen molar-refractivity contribution in [2.75, 3.05) is 5.73 Å². The Balaban J connectivity index is 1.81. The Bertz CT molecular complexity index is 379. The van der Waals surface area contributed by atoms with E-state index in [1.807, 2.05) is 23.8 Å². The lowest BCUT2D eigenvalue weighted by Crippen LogP contribution is -2.12. The van der Waals surface area contributed by atoms with Gasteiger partial charge in [0.15, 0.2) is 0 Å². The van der Waals surface area contributed by atoms with Gasteiger partial charge in [-0.05, 0) is 11.4 Å². The van der Waals surface area contributed by atoms with Gasteiger partial charge in [0.1, 0.15) is 0 Å². The summed E-state index contributed by atoms with van der Waals surface area (Å²) in [7, 11) is 0. The summed E-state index contributed by atoms with van der Waals surface area (Å²) in [6.45, 7) is 1.63. The van der Waals surface area contributed by atoms with Gasteiger partial charge in [-0.1, -0.05) is 0 Å². The maximum absolute atomic E-state index is 5.75. The Morgan fingerprint density at radius 3 is 3.07 bits per heavy atom. The Morgan fingerprint density at radius 1 is 1.50 bits per heavy atom. The van der Waals surface area contributed by atoms with Crippen molar-refractivity contribution in [2.24, 2.45) is 0 Å². The molecular weight excluding hydrogens is 196 g/mol. The number of aromatic nitrogens is 2. The van der Waals surface area contributed by atoms with E-state index < -0.39 is 0 Å². The summed E-state index contributed by atoms with van der Waals surface area (Å²) in [5.74, 6) is 0. The lowest BCUT2D eigenvalue weighted by molar-refractivity contribution is 0.702. The SMILES string of the molecule is Nc1ccsc1CNCc1cn[nH]c1. The molecule has 2 heterocycles. The van der Waals surface area contributed by atoms with E-state index in [2.05, 4.69) is 15.5 Å². The first-order valence-corrected chi connectivity index (χ1v) is 5.24. The van der Waals surface area contributed by atoms with Gasteiger partial charge < -0.3 is 11.1 Å². The standard InChI is InChI=1S/C9H12N4S/c10-8-1-2-14-9(8)6-11-3-7-4-12-13-5-7/h1-2,4-5,11H,3,6,10H2,(H,12,13). The van der Waals surface area contributed by atoms with Crippen molar-refractivity contribution in [3.05, 3.63) is 34.3 Å². The molecule has 0 aromatic carbocycles. The molecular formula is C9H12N4S. The number of hydrogen-bond acceptors (Lipinski definition) is 4. The molecule has 2 aromatic rings. The van der Waals surface area contributed by atoms with Gasteiger partial charge in [0.25, 0.3) is 0 Å². The van der Waals surface area contributed by atoms with Crippen LogP contribution in [0.5, 0.6) is 0 Å². The van der Waals surface area contributed by atoms with Gasteiger partial charge in [-0.2, -0.15) is 5.10 Å². The van der Waals surface area contributed by atoms with E-state index >= 15 is 0 Å². The highest BCUT2D eigenvalue weighted by Gasteiger charge is 1.99. The molecule has 2 aromatic heterocycles. The first-order valence-electron chi connectivity index (χ1n) is 4.36. The second-order valence-corrected chi connectivity index (χ2v) is 4.01. The molecule has 0 aliphatic heterocycles. The summed E-state index contributed by atoms with van der Waals surface area (Å²) in [5, 5.41) is 11.9. The van der Waals surface area contributed by atoms with Crippen molar-refractivity contribution in [3.8, 4) is 0 Å². The Hall–Kier alpha value is -1.33. The fourth-order valence-corrected chi connectivity index (χ4v) is 1.96. The van der Waals surface area contributed by atoms with Crippen LogP contribution < -0.4 is 11.1 Å². The van der Waals surface area contributed by atoms with E-state index in [1.54, 1.807) is 11.3 Å². The van der Waals surface area contributed by atoms with Gasteiger partial charge in [-0.25, -0.2) is 0 Å².